The fourth-order valence-electron chi connectivity index (χ4n) is 0.618. The van der Waals surface area contributed by atoms with Crippen LogP contribution in [-0.4, -0.2) is 63.8 Å². The Labute approximate surface area is 117 Å². The molecule has 56 valence electrons. The zero-order valence-corrected chi connectivity index (χ0v) is 6.15. The maximum absolute atomic E-state index is 9.99. The van der Waals surface area contributed by atoms with Crippen LogP contribution in [0.4, 0.5) is 0 Å². The molecule has 0 saturated heterocycles. The van der Waals surface area contributed by atoms with Gasteiger partial charge >= 0.3 is 59.1 Å². The summed E-state index contributed by atoms with van der Waals surface area (Å²) in [5, 5.41) is 10.8. The number of nitrogens with zero attached hydrogens (tertiary/aromatic N) is 1. The summed E-state index contributed by atoms with van der Waals surface area (Å²) in [7, 11) is -0.317. The first-order valence-corrected chi connectivity index (χ1v) is 3.70. The molecule has 0 radical (unpaired) electrons. The summed E-state index contributed by atoms with van der Waals surface area (Å²) in [4.78, 5) is 9.99. The van der Waals surface area contributed by atoms with Crippen LogP contribution in [0.3, 0.4) is 0 Å². The molecule has 12 heavy (non-hydrogen) atoms. The molecule has 0 saturated carbocycles. The minimum absolute atomic E-state index is 0. The molecular formula is C6H8NNa2O2P. The standard InChI is InChI=1S/C6H6NO2P.2Na.2H/c8-7(9)10-6-4-2-1-3-5-6;;;;/h1-5,10H;;;;. The van der Waals surface area contributed by atoms with Gasteiger partial charge in [-0.3, -0.25) is 10.1 Å². The van der Waals surface area contributed by atoms with E-state index in [-0.39, 0.29) is 72.5 Å². The molecule has 1 aromatic carbocycles. The zero-order chi connectivity index (χ0) is 7.40. The van der Waals surface area contributed by atoms with Gasteiger partial charge in [0, 0.05) is 10.00 Å². The molecule has 0 aliphatic heterocycles. The molecule has 0 spiro atoms. The van der Waals surface area contributed by atoms with E-state index in [2.05, 4.69) is 0 Å². The van der Waals surface area contributed by atoms with Crippen molar-refractivity contribution in [2.24, 2.45) is 0 Å². The number of benzene rings is 1. The van der Waals surface area contributed by atoms with Gasteiger partial charge in [-0.25, -0.2) is 0 Å². The summed E-state index contributed by atoms with van der Waals surface area (Å²) >= 11 is 0. The van der Waals surface area contributed by atoms with Crippen LogP contribution in [0, 0.1) is 10.1 Å². The van der Waals surface area contributed by atoms with Crippen molar-refractivity contribution in [3.63, 3.8) is 0 Å². The van der Waals surface area contributed by atoms with Crippen molar-refractivity contribution >= 4 is 73.2 Å². The third-order valence-electron chi connectivity index (χ3n) is 0.994. The van der Waals surface area contributed by atoms with E-state index >= 15 is 0 Å². The maximum atomic E-state index is 9.99. The van der Waals surface area contributed by atoms with Gasteiger partial charge in [0.1, 0.15) is 0 Å². The van der Waals surface area contributed by atoms with Gasteiger partial charge in [-0.1, -0.05) is 18.2 Å². The van der Waals surface area contributed by atoms with Gasteiger partial charge in [0.2, 0.25) is 0 Å². The van der Waals surface area contributed by atoms with Crippen LogP contribution in [-0.2, 0) is 0 Å². The van der Waals surface area contributed by atoms with Crippen LogP contribution in [0.15, 0.2) is 30.3 Å². The van der Waals surface area contributed by atoms with Gasteiger partial charge in [0.05, 0.1) is 0 Å². The second-order valence-corrected chi connectivity index (χ2v) is 2.90. The molecule has 1 aromatic rings. The van der Waals surface area contributed by atoms with E-state index in [1.54, 1.807) is 24.3 Å². The molecule has 0 heterocycles. The molecule has 0 fully saturated rings. The Hall–Kier alpha value is 1.05. The van der Waals surface area contributed by atoms with Gasteiger partial charge in [-0.2, -0.15) is 0 Å². The van der Waals surface area contributed by atoms with Crippen LogP contribution in [0.5, 0.6) is 0 Å². The fraction of sp³-hybridized carbons (Fsp3) is 0. The Balaban J connectivity index is 0. The molecule has 1 atom stereocenters. The Kier molecular flexibility index (Phi) is 11.2. The van der Waals surface area contributed by atoms with Gasteiger partial charge in [-0.05, 0) is 12.1 Å². The van der Waals surface area contributed by atoms with E-state index in [0.717, 1.165) is 5.30 Å². The number of rotatable bonds is 2. The first kappa shape index (κ1) is 15.5. The molecule has 1 rings (SSSR count). The predicted molar refractivity (Wildman–Crippen MR) is 55.7 cm³/mol. The molecule has 0 N–H and O–H groups in total. The van der Waals surface area contributed by atoms with Gasteiger partial charge in [-0.15, -0.1) is 0 Å². The van der Waals surface area contributed by atoms with Gasteiger partial charge in [0.15, 0.2) is 0 Å². The first-order chi connectivity index (χ1) is 4.79. The minimum atomic E-state index is -0.317. The van der Waals surface area contributed by atoms with Crippen molar-refractivity contribution in [3.8, 4) is 0 Å². The zero-order valence-electron chi connectivity index (χ0n) is 5.15. The Bertz CT molecular complexity index is 232. The molecule has 0 aliphatic rings. The summed E-state index contributed by atoms with van der Waals surface area (Å²) < 4.78 is -0.310. The molecule has 0 bridgehead atoms. The SMILES string of the molecule is O=[N+]([O-])Pc1ccccc1.[NaH].[NaH]. The molecular weight excluding hydrogens is 195 g/mol. The van der Waals surface area contributed by atoms with E-state index in [1.165, 1.54) is 0 Å². The quantitative estimate of drug-likeness (QED) is 0.291. The fourth-order valence-corrected chi connectivity index (χ4v) is 1.17. The third kappa shape index (κ3) is 6.55. The van der Waals surface area contributed by atoms with E-state index in [4.69, 9.17) is 0 Å². The van der Waals surface area contributed by atoms with E-state index in [1.807, 2.05) is 6.07 Å². The summed E-state index contributed by atoms with van der Waals surface area (Å²) in [5.74, 6) is 0. The van der Waals surface area contributed by atoms with E-state index in [9.17, 15) is 10.1 Å². The summed E-state index contributed by atoms with van der Waals surface area (Å²) in [6.45, 7) is 0. The van der Waals surface area contributed by atoms with E-state index in [0.29, 0.717) is 0 Å². The van der Waals surface area contributed by atoms with Gasteiger partial charge in [0.25, 0.3) is 8.73 Å². The van der Waals surface area contributed by atoms with Crippen molar-refractivity contribution in [1.29, 1.82) is 0 Å². The topological polar surface area (TPSA) is 43.1 Å². The van der Waals surface area contributed by atoms with Crippen molar-refractivity contribution < 1.29 is 4.69 Å². The van der Waals surface area contributed by atoms with Crippen molar-refractivity contribution in [3.05, 3.63) is 40.4 Å². The first-order valence-electron chi connectivity index (χ1n) is 2.75. The normalized spacial score (nSPS) is 8.67. The van der Waals surface area contributed by atoms with Crippen molar-refractivity contribution in [2.45, 2.75) is 0 Å². The second kappa shape index (κ2) is 8.64. The number of nitro groups is 1. The number of hydrogen-bond donors (Lipinski definition) is 0. The van der Waals surface area contributed by atoms with Gasteiger partial charge < -0.3 is 0 Å². The molecule has 0 amide bonds. The Morgan fingerprint density at radius 2 is 1.67 bits per heavy atom. The van der Waals surface area contributed by atoms with Crippen LogP contribution in [0.2, 0.25) is 0 Å². The van der Waals surface area contributed by atoms with Crippen LogP contribution >= 0.6 is 8.73 Å². The van der Waals surface area contributed by atoms with E-state index < -0.39 is 0 Å². The predicted octanol–water partition coefficient (Wildman–Crippen LogP) is -0.115. The molecule has 6 heteroatoms. The molecule has 0 aliphatic carbocycles. The average Bonchev–Trinajstić information content (AvgIpc) is 1.88. The van der Waals surface area contributed by atoms with Crippen molar-refractivity contribution in [1.82, 2.24) is 0 Å². The Morgan fingerprint density at radius 1 is 1.17 bits per heavy atom. The molecule has 1 unspecified atom stereocenters. The molecule has 0 aromatic heterocycles. The summed E-state index contributed by atoms with van der Waals surface area (Å²) in [6, 6.07) is 8.94. The third-order valence-corrected chi connectivity index (χ3v) is 1.77. The summed E-state index contributed by atoms with van der Waals surface area (Å²) in [6.07, 6.45) is 0. The van der Waals surface area contributed by atoms with Crippen LogP contribution < -0.4 is 5.30 Å². The second-order valence-electron chi connectivity index (χ2n) is 1.73. The Morgan fingerprint density at radius 3 is 2.08 bits per heavy atom. The monoisotopic (exact) mass is 203 g/mol. The van der Waals surface area contributed by atoms with Crippen LogP contribution in [0.1, 0.15) is 0 Å². The summed E-state index contributed by atoms with van der Waals surface area (Å²) in [5.41, 5.74) is 0. The number of hydrogen-bond acceptors (Lipinski definition) is 2. The van der Waals surface area contributed by atoms with Crippen molar-refractivity contribution in [2.75, 3.05) is 0 Å². The average molecular weight is 203 g/mol. The molecule has 3 nitrogen and oxygen atoms in total. The van der Waals surface area contributed by atoms with Crippen LogP contribution in [0.25, 0.3) is 0 Å².